The maximum Gasteiger partial charge on any atom is 0.0946 e. The molecule has 0 aliphatic carbocycles. The van der Waals surface area contributed by atoms with E-state index in [2.05, 4.69) is 14.9 Å². The van der Waals surface area contributed by atoms with Crippen LogP contribution in [0.1, 0.15) is 5.69 Å². The van der Waals surface area contributed by atoms with Crippen LogP contribution < -0.4 is 5.32 Å². The third-order valence-corrected chi connectivity index (χ3v) is 2.90. The fourth-order valence-corrected chi connectivity index (χ4v) is 2.01. The van der Waals surface area contributed by atoms with E-state index < -0.39 is 0 Å². The molecule has 0 amide bonds. The molecular weight excluding hydrogens is 253 g/mol. The molecule has 1 aromatic carbocycles. The summed E-state index contributed by atoms with van der Waals surface area (Å²) in [6.07, 6.45) is 0. The van der Waals surface area contributed by atoms with Crippen LogP contribution in [0.2, 0.25) is 10.0 Å². The van der Waals surface area contributed by atoms with Crippen LogP contribution >= 0.6 is 34.7 Å². The molecule has 2 aromatic rings. The zero-order chi connectivity index (χ0) is 10.7. The number of aromatic nitrogens is 2. The summed E-state index contributed by atoms with van der Waals surface area (Å²) in [5.74, 6) is 0. The molecule has 0 saturated heterocycles. The first-order chi connectivity index (χ1) is 7.25. The summed E-state index contributed by atoms with van der Waals surface area (Å²) in [7, 11) is 0. The molecule has 3 nitrogen and oxygen atoms in total. The van der Waals surface area contributed by atoms with Crippen LogP contribution in [0.25, 0.3) is 0 Å². The van der Waals surface area contributed by atoms with E-state index in [9.17, 15) is 0 Å². The standard InChI is InChI=1S/C9H7Cl2N3S/c10-6-1-2-9(8(11)3-6)12-4-7-5-15-14-13-7/h1-3,5,12H,4H2. The number of anilines is 1. The number of nitrogens with one attached hydrogen (secondary N) is 1. The Bertz CT molecular complexity index is 445. The van der Waals surface area contributed by atoms with Crippen molar-refractivity contribution in [3.63, 3.8) is 0 Å². The number of nitrogens with zero attached hydrogens (tertiary/aromatic N) is 2. The highest BCUT2D eigenvalue weighted by Crippen LogP contribution is 2.25. The van der Waals surface area contributed by atoms with E-state index in [1.54, 1.807) is 12.1 Å². The van der Waals surface area contributed by atoms with Crippen LogP contribution in [0, 0.1) is 0 Å². The van der Waals surface area contributed by atoms with Crippen LogP contribution in [0.3, 0.4) is 0 Å². The molecule has 0 unspecified atom stereocenters. The number of hydrogen-bond acceptors (Lipinski definition) is 4. The van der Waals surface area contributed by atoms with Gasteiger partial charge in [-0.1, -0.05) is 27.7 Å². The molecule has 0 bridgehead atoms. The molecule has 6 heteroatoms. The second kappa shape index (κ2) is 4.79. The Morgan fingerprint density at radius 3 is 2.87 bits per heavy atom. The third-order valence-electron chi connectivity index (χ3n) is 1.80. The van der Waals surface area contributed by atoms with Crippen molar-refractivity contribution in [1.82, 2.24) is 9.59 Å². The lowest BCUT2D eigenvalue weighted by Gasteiger charge is -2.06. The SMILES string of the molecule is Clc1ccc(NCc2csnn2)c(Cl)c1. The van der Waals surface area contributed by atoms with Gasteiger partial charge in [0.1, 0.15) is 0 Å². The Morgan fingerprint density at radius 1 is 1.33 bits per heavy atom. The van der Waals surface area contributed by atoms with Gasteiger partial charge < -0.3 is 5.32 Å². The Morgan fingerprint density at radius 2 is 2.20 bits per heavy atom. The van der Waals surface area contributed by atoms with Crippen molar-refractivity contribution in [3.8, 4) is 0 Å². The molecule has 2 rings (SSSR count). The molecule has 15 heavy (non-hydrogen) atoms. The number of hydrogen-bond donors (Lipinski definition) is 1. The lowest BCUT2D eigenvalue weighted by Crippen LogP contribution is -2.00. The molecule has 1 heterocycles. The average Bonchev–Trinajstić information content (AvgIpc) is 2.69. The maximum absolute atomic E-state index is 5.99. The molecule has 0 aliphatic rings. The summed E-state index contributed by atoms with van der Waals surface area (Å²) in [6, 6.07) is 5.32. The second-order valence-corrected chi connectivity index (χ2v) is 4.33. The van der Waals surface area contributed by atoms with E-state index in [0.29, 0.717) is 16.6 Å². The summed E-state index contributed by atoms with van der Waals surface area (Å²) in [5.41, 5.74) is 1.74. The van der Waals surface area contributed by atoms with Crippen LogP contribution in [-0.2, 0) is 6.54 Å². The Kier molecular flexibility index (Phi) is 3.41. The quantitative estimate of drug-likeness (QED) is 0.918. The summed E-state index contributed by atoms with van der Waals surface area (Å²) in [6.45, 7) is 0.609. The van der Waals surface area contributed by atoms with Gasteiger partial charge in [0.15, 0.2) is 0 Å². The minimum Gasteiger partial charge on any atom is -0.378 e. The van der Waals surface area contributed by atoms with Crippen molar-refractivity contribution >= 4 is 40.4 Å². The van der Waals surface area contributed by atoms with E-state index in [-0.39, 0.29) is 0 Å². The van der Waals surface area contributed by atoms with Crippen LogP contribution in [0.5, 0.6) is 0 Å². The maximum atomic E-state index is 5.99. The highest BCUT2D eigenvalue weighted by atomic mass is 35.5. The molecular formula is C9H7Cl2N3S. The van der Waals surface area contributed by atoms with Gasteiger partial charge in [0.05, 0.1) is 22.9 Å². The van der Waals surface area contributed by atoms with Gasteiger partial charge in [-0.15, -0.1) is 5.10 Å². The van der Waals surface area contributed by atoms with Gasteiger partial charge in [0, 0.05) is 10.4 Å². The molecule has 1 aromatic heterocycles. The topological polar surface area (TPSA) is 37.8 Å². The molecule has 0 atom stereocenters. The van der Waals surface area contributed by atoms with Crippen molar-refractivity contribution in [2.45, 2.75) is 6.54 Å². The second-order valence-electron chi connectivity index (χ2n) is 2.87. The fourth-order valence-electron chi connectivity index (χ4n) is 1.08. The number of benzene rings is 1. The van der Waals surface area contributed by atoms with Gasteiger partial charge in [0.2, 0.25) is 0 Å². The average molecular weight is 260 g/mol. The van der Waals surface area contributed by atoms with Crippen molar-refractivity contribution < 1.29 is 0 Å². The first-order valence-corrected chi connectivity index (χ1v) is 5.80. The minimum absolute atomic E-state index is 0.602. The van der Waals surface area contributed by atoms with E-state index in [4.69, 9.17) is 23.2 Å². The zero-order valence-corrected chi connectivity index (χ0v) is 9.90. The van der Waals surface area contributed by atoms with E-state index in [1.807, 2.05) is 11.4 Å². The molecule has 0 radical (unpaired) electrons. The third kappa shape index (κ3) is 2.81. The van der Waals surface area contributed by atoms with Gasteiger partial charge >= 0.3 is 0 Å². The lowest BCUT2D eigenvalue weighted by molar-refractivity contribution is 0.999. The van der Waals surface area contributed by atoms with Crippen molar-refractivity contribution in [1.29, 1.82) is 0 Å². The van der Waals surface area contributed by atoms with Crippen molar-refractivity contribution in [3.05, 3.63) is 39.3 Å². The molecule has 78 valence electrons. The van der Waals surface area contributed by atoms with Crippen LogP contribution in [-0.4, -0.2) is 9.59 Å². The largest absolute Gasteiger partial charge is 0.378 e. The number of rotatable bonds is 3. The van der Waals surface area contributed by atoms with Crippen LogP contribution in [0.15, 0.2) is 23.6 Å². The van der Waals surface area contributed by atoms with E-state index in [1.165, 1.54) is 11.5 Å². The Labute approximate surface area is 101 Å². The van der Waals surface area contributed by atoms with Crippen molar-refractivity contribution in [2.24, 2.45) is 0 Å². The number of halogens is 2. The zero-order valence-electron chi connectivity index (χ0n) is 7.58. The lowest BCUT2D eigenvalue weighted by atomic mass is 10.3. The molecule has 0 fully saturated rings. The summed E-state index contributed by atoms with van der Waals surface area (Å²) < 4.78 is 3.77. The van der Waals surface area contributed by atoms with Gasteiger partial charge in [-0.2, -0.15) is 0 Å². The summed E-state index contributed by atoms with van der Waals surface area (Å²) in [5, 5.41) is 10.2. The smallest absolute Gasteiger partial charge is 0.0946 e. The van der Waals surface area contributed by atoms with Crippen molar-refractivity contribution in [2.75, 3.05) is 5.32 Å². The Balaban J connectivity index is 2.05. The van der Waals surface area contributed by atoms with E-state index in [0.717, 1.165) is 11.4 Å². The molecule has 0 saturated carbocycles. The monoisotopic (exact) mass is 259 g/mol. The van der Waals surface area contributed by atoms with Gasteiger partial charge in [-0.3, -0.25) is 0 Å². The normalized spacial score (nSPS) is 10.3. The highest BCUT2D eigenvalue weighted by molar-refractivity contribution is 7.03. The van der Waals surface area contributed by atoms with Gasteiger partial charge in [0.25, 0.3) is 0 Å². The summed E-state index contributed by atoms with van der Waals surface area (Å²) in [4.78, 5) is 0. The summed E-state index contributed by atoms with van der Waals surface area (Å²) >= 11 is 13.1. The van der Waals surface area contributed by atoms with Crippen LogP contribution in [0.4, 0.5) is 5.69 Å². The first kappa shape index (κ1) is 10.7. The van der Waals surface area contributed by atoms with Gasteiger partial charge in [-0.05, 0) is 29.7 Å². The van der Waals surface area contributed by atoms with E-state index >= 15 is 0 Å². The minimum atomic E-state index is 0.602. The predicted octanol–water partition coefficient (Wildman–Crippen LogP) is 3.46. The Hall–Kier alpha value is -0.840. The molecule has 0 aliphatic heterocycles. The predicted molar refractivity (Wildman–Crippen MR) is 63.7 cm³/mol. The highest BCUT2D eigenvalue weighted by Gasteiger charge is 2.01. The molecule has 1 N–H and O–H groups in total. The fraction of sp³-hybridized carbons (Fsp3) is 0.111. The van der Waals surface area contributed by atoms with Gasteiger partial charge in [-0.25, -0.2) is 0 Å². The molecule has 0 spiro atoms. The first-order valence-electron chi connectivity index (χ1n) is 4.20.